The predicted molar refractivity (Wildman–Crippen MR) is 105 cm³/mol. The molecule has 0 radical (unpaired) electrons. The summed E-state index contributed by atoms with van der Waals surface area (Å²) in [5.74, 6) is -0.713. The van der Waals surface area contributed by atoms with Gasteiger partial charge in [0, 0.05) is 0 Å². The third-order valence-corrected chi connectivity index (χ3v) is 4.53. The van der Waals surface area contributed by atoms with E-state index in [9.17, 15) is 14.7 Å². The van der Waals surface area contributed by atoms with Crippen molar-refractivity contribution in [1.29, 1.82) is 0 Å². The molecule has 0 saturated carbocycles. The largest absolute Gasteiger partial charge is 0.502 e. The van der Waals surface area contributed by atoms with Crippen LogP contribution in [0.5, 0.6) is 5.75 Å². The Labute approximate surface area is 158 Å². The molecule has 1 heterocycles. The first kappa shape index (κ1) is 18.7. The van der Waals surface area contributed by atoms with Crippen LogP contribution in [0.1, 0.15) is 30.5 Å². The molecule has 0 fully saturated rings. The number of carbonyl (C=O) groups excluding carboxylic acids is 2. The monoisotopic (exact) mass is 365 g/mol. The summed E-state index contributed by atoms with van der Waals surface area (Å²) in [6, 6.07) is 12.1. The first-order valence-electron chi connectivity index (χ1n) is 8.92. The summed E-state index contributed by atoms with van der Waals surface area (Å²) in [6.45, 7) is 8.58. The molecule has 0 aliphatic carbocycles. The fourth-order valence-electron chi connectivity index (χ4n) is 2.86. The van der Waals surface area contributed by atoms with Gasteiger partial charge in [-0.1, -0.05) is 32.0 Å². The molecule has 2 amide bonds. The van der Waals surface area contributed by atoms with E-state index >= 15 is 0 Å². The highest BCUT2D eigenvalue weighted by Gasteiger charge is 2.40. The number of hydrogen-bond donors (Lipinski definition) is 1. The number of aliphatic hydroxyl groups excluding tert-OH is 1. The molecule has 0 aromatic heterocycles. The summed E-state index contributed by atoms with van der Waals surface area (Å²) in [6.07, 6.45) is 0. The minimum atomic E-state index is -0.718. The van der Waals surface area contributed by atoms with Crippen molar-refractivity contribution in [3.63, 3.8) is 0 Å². The summed E-state index contributed by atoms with van der Waals surface area (Å²) in [5, 5.41) is 10.3. The number of aryl methyl sites for hydroxylation is 2. The van der Waals surface area contributed by atoms with Crippen molar-refractivity contribution in [2.75, 3.05) is 11.5 Å². The number of hydrogen-bond acceptors (Lipinski definition) is 4. The summed E-state index contributed by atoms with van der Waals surface area (Å²) in [4.78, 5) is 26.4. The molecule has 2 aromatic carbocycles. The Morgan fingerprint density at radius 3 is 2.22 bits per heavy atom. The molecule has 0 saturated heterocycles. The second-order valence-electron chi connectivity index (χ2n) is 7.17. The highest BCUT2D eigenvalue weighted by Crippen LogP contribution is 2.33. The van der Waals surface area contributed by atoms with Crippen molar-refractivity contribution in [1.82, 2.24) is 0 Å². The lowest BCUT2D eigenvalue weighted by Gasteiger charge is -2.16. The molecule has 3 rings (SSSR count). The molecule has 5 nitrogen and oxygen atoms in total. The molecule has 0 spiro atoms. The van der Waals surface area contributed by atoms with Crippen LogP contribution in [0, 0.1) is 19.8 Å². The zero-order valence-electron chi connectivity index (χ0n) is 15.9. The zero-order chi connectivity index (χ0) is 19.7. The van der Waals surface area contributed by atoms with Crippen molar-refractivity contribution in [3.8, 4) is 5.75 Å². The number of rotatable bonds is 5. The van der Waals surface area contributed by atoms with Gasteiger partial charge in [-0.15, -0.1) is 0 Å². The van der Waals surface area contributed by atoms with Gasteiger partial charge < -0.3 is 9.84 Å². The van der Waals surface area contributed by atoms with Crippen molar-refractivity contribution >= 4 is 23.1 Å². The molecule has 1 N–H and O–H groups in total. The number of amides is 2. The fraction of sp³-hybridized carbons (Fsp3) is 0.273. The second kappa shape index (κ2) is 7.27. The van der Waals surface area contributed by atoms with Gasteiger partial charge in [-0.3, -0.25) is 9.59 Å². The van der Waals surface area contributed by atoms with Gasteiger partial charge in [0.15, 0.2) is 5.76 Å². The van der Waals surface area contributed by atoms with E-state index < -0.39 is 17.6 Å². The van der Waals surface area contributed by atoms with Crippen molar-refractivity contribution in [2.24, 2.45) is 5.92 Å². The summed E-state index contributed by atoms with van der Waals surface area (Å²) < 4.78 is 5.63. The lowest BCUT2D eigenvalue weighted by molar-refractivity contribution is -0.121. The second-order valence-corrected chi connectivity index (χ2v) is 7.17. The number of anilines is 1. The van der Waals surface area contributed by atoms with E-state index in [2.05, 4.69) is 13.8 Å². The van der Waals surface area contributed by atoms with Gasteiger partial charge in [-0.05, 0) is 60.7 Å². The van der Waals surface area contributed by atoms with E-state index in [4.69, 9.17) is 4.74 Å². The molecule has 5 heteroatoms. The third kappa shape index (κ3) is 3.58. The Kier molecular flexibility index (Phi) is 5.04. The summed E-state index contributed by atoms with van der Waals surface area (Å²) in [5.41, 5.74) is 3.02. The van der Waals surface area contributed by atoms with Crippen LogP contribution in [0.3, 0.4) is 0 Å². The van der Waals surface area contributed by atoms with Crippen LogP contribution < -0.4 is 9.64 Å². The minimum absolute atomic E-state index is 0.0308. The Hall–Kier alpha value is -3.08. The van der Waals surface area contributed by atoms with Crippen LogP contribution in [-0.2, 0) is 9.59 Å². The Morgan fingerprint density at radius 2 is 1.63 bits per heavy atom. The van der Waals surface area contributed by atoms with Crippen LogP contribution in [0.4, 0.5) is 5.69 Å². The van der Waals surface area contributed by atoms with Gasteiger partial charge in [0.05, 0.1) is 17.9 Å². The maximum absolute atomic E-state index is 12.9. The van der Waals surface area contributed by atoms with Gasteiger partial charge in [0.2, 0.25) is 0 Å². The molecule has 0 atom stereocenters. The van der Waals surface area contributed by atoms with Crippen LogP contribution in [-0.4, -0.2) is 23.5 Å². The SMILES string of the molecule is Cc1ccc(C2=C(O)C(=O)N(c3ccc(OCC(C)C)cc3)C2=O)cc1C. The Balaban J connectivity index is 1.88. The molecule has 2 aromatic rings. The fourth-order valence-corrected chi connectivity index (χ4v) is 2.86. The Morgan fingerprint density at radius 1 is 0.963 bits per heavy atom. The number of aliphatic hydroxyl groups is 1. The molecule has 1 aliphatic rings. The third-order valence-electron chi connectivity index (χ3n) is 4.53. The average molecular weight is 365 g/mol. The predicted octanol–water partition coefficient (Wildman–Crippen LogP) is 4.18. The molecular formula is C22H23NO4. The van der Waals surface area contributed by atoms with E-state index in [-0.39, 0.29) is 5.57 Å². The van der Waals surface area contributed by atoms with Crippen LogP contribution in [0.25, 0.3) is 5.57 Å². The van der Waals surface area contributed by atoms with Crippen molar-refractivity contribution < 1.29 is 19.4 Å². The summed E-state index contributed by atoms with van der Waals surface area (Å²) >= 11 is 0. The number of benzene rings is 2. The van der Waals surface area contributed by atoms with Crippen LogP contribution in [0.2, 0.25) is 0 Å². The van der Waals surface area contributed by atoms with E-state index in [1.54, 1.807) is 36.4 Å². The van der Waals surface area contributed by atoms with Gasteiger partial charge >= 0.3 is 5.91 Å². The topological polar surface area (TPSA) is 66.8 Å². The zero-order valence-corrected chi connectivity index (χ0v) is 15.9. The van der Waals surface area contributed by atoms with Gasteiger partial charge in [-0.2, -0.15) is 0 Å². The maximum atomic E-state index is 12.9. The average Bonchev–Trinajstić information content (AvgIpc) is 2.85. The minimum Gasteiger partial charge on any atom is -0.502 e. The van der Waals surface area contributed by atoms with Gasteiger partial charge in [-0.25, -0.2) is 4.90 Å². The molecule has 0 bridgehead atoms. The number of imide groups is 1. The van der Waals surface area contributed by atoms with E-state index in [1.165, 1.54) is 0 Å². The van der Waals surface area contributed by atoms with Gasteiger partial charge in [0.1, 0.15) is 5.75 Å². The quantitative estimate of drug-likeness (QED) is 0.807. The highest BCUT2D eigenvalue weighted by atomic mass is 16.5. The molecule has 140 valence electrons. The standard InChI is InChI=1S/C22H23NO4/c1-13(2)12-27-18-9-7-17(8-10-18)23-21(25)19(20(24)22(23)26)16-6-5-14(3)15(4)11-16/h5-11,13,24H,12H2,1-4H3. The smallest absolute Gasteiger partial charge is 0.301 e. The first-order valence-corrected chi connectivity index (χ1v) is 8.92. The van der Waals surface area contributed by atoms with Crippen LogP contribution in [0.15, 0.2) is 48.2 Å². The van der Waals surface area contributed by atoms with E-state index in [0.29, 0.717) is 29.5 Å². The number of carbonyl (C=O) groups is 2. The molecule has 0 unspecified atom stereocenters. The molecule has 27 heavy (non-hydrogen) atoms. The first-order chi connectivity index (χ1) is 12.8. The van der Waals surface area contributed by atoms with E-state index in [1.807, 2.05) is 19.9 Å². The van der Waals surface area contributed by atoms with Crippen molar-refractivity contribution in [2.45, 2.75) is 27.7 Å². The number of ether oxygens (including phenoxy) is 1. The maximum Gasteiger partial charge on any atom is 0.301 e. The van der Waals surface area contributed by atoms with Crippen LogP contribution >= 0.6 is 0 Å². The van der Waals surface area contributed by atoms with E-state index in [0.717, 1.165) is 16.0 Å². The summed E-state index contributed by atoms with van der Waals surface area (Å²) in [7, 11) is 0. The highest BCUT2D eigenvalue weighted by molar-refractivity contribution is 6.44. The normalized spacial score (nSPS) is 14.5. The van der Waals surface area contributed by atoms with Crippen molar-refractivity contribution in [3.05, 3.63) is 64.9 Å². The van der Waals surface area contributed by atoms with Gasteiger partial charge in [0.25, 0.3) is 5.91 Å². The molecule has 1 aliphatic heterocycles. The lowest BCUT2D eigenvalue weighted by atomic mass is 10.00. The Bertz CT molecular complexity index is 926. The molecular weight excluding hydrogens is 342 g/mol. The number of nitrogens with zero attached hydrogens (tertiary/aromatic N) is 1. The lowest BCUT2D eigenvalue weighted by Crippen LogP contribution is -2.31.